The van der Waals surface area contributed by atoms with Gasteiger partial charge in [0.15, 0.2) is 5.13 Å². The van der Waals surface area contributed by atoms with Gasteiger partial charge in [-0.25, -0.2) is 4.98 Å². The first-order valence-electron chi connectivity index (χ1n) is 5.94. The van der Waals surface area contributed by atoms with E-state index in [-0.39, 0.29) is 0 Å². The fourth-order valence-corrected chi connectivity index (χ4v) is 3.15. The van der Waals surface area contributed by atoms with Gasteiger partial charge in [0.1, 0.15) is 0 Å². The van der Waals surface area contributed by atoms with Gasteiger partial charge in [-0.3, -0.25) is 4.98 Å². The predicted molar refractivity (Wildman–Crippen MR) is 81.5 cm³/mol. The summed E-state index contributed by atoms with van der Waals surface area (Å²) in [4.78, 5) is 8.73. The Morgan fingerprint density at radius 3 is 3.00 bits per heavy atom. The minimum atomic E-state index is 0.897. The number of thiophene rings is 1. The Labute approximate surface area is 120 Å². The van der Waals surface area contributed by atoms with Gasteiger partial charge in [0.25, 0.3) is 0 Å². The molecule has 3 nitrogen and oxygen atoms in total. The van der Waals surface area contributed by atoms with E-state index in [1.807, 2.05) is 12.3 Å². The highest BCUT2D eigenvalue weighted by Crippen LogP contribution is 2.24. The largest absolute Gasteiger partial charge is 0.330 e. The number of pyridine rings is 1. The monoisotopic (exact) mass is 287 g/mol. The van der Waals surface area contributed by atoms with Crippen LogP contribution in [0.15, 0.2) is 40.7 Å². The van der Waals surface area contributed by atoms with Gasteiger partial charge in [0.2, 0.25) is 0 Å². The summed E-state index contributed by atoms with van der Waals surface area (Å²) in [5, 5.41) is 10.6. The summed E-state index contributed by atoms with van der Waals surface area (Å²) in [6.07, 6.45) is 4.52. The molecule has 0 aliphatic heterocycles. The molecule has 0 aromatic carbocycles. The van der Waals surface area contributed by atoms with Crippen LogP contribution in [-0.4, -0.2) is 9.97 Å². The number of hydrogen-bond acceptors (Lipinski definition) is 5. The van der Waals surface area contributed by atoms with Crippen LogP contribution in [0.1, 0.15) is 16.8 Å². The Morgan fingerprint density at radius 2 is 2.21 bits per heavy atom. The predicted octanol–water partition coefficient (Wildman–Crippen LogP) is 4.24. The molecule has 0 unspecified atom stereocenters. The van der Waals surface area contributed by atoms with Crippen LogP contribution in [0.2, 0.25) is 0 Å². The Bertz CT molecular complexity index is 659. The second kappa shape index (κ2) is 5.50. The van der Waals surface area contributed by atoms with E-state index in [0.717, 1.165) is 22.9 Å². The maximum atomic E-state index is 4.61. The molecule has 3 aromatic rings. The Hall–Kier alpha value is -1.72. The molecule has 0 bridgehead atoms. The topological polar surface area (TPSA) is 37.8 Å². The van der Waals surface area contributed by atoms with Crippen molar-refractivity contribution in [1.29, 1.82) is 0 Å². The molecule has 0 amide bonds. The third kappa shape index (κ3) is 3.00. The van der Waals surface area contributed by atoms with Gasteiger partial charge in [-0.05, 0) is 40.9 Å². The summed E-state index contributed by atoms with van der Waals surface area (Å²) in [7, 11) is 0. The highest BCUT2D eigenvalue weighted by Gasteiger charge is 2.05. The summed E-state index contributed by atoms with van der Waals surface area (Å²) in [5.41, 5.74) is 4.61. The lowest BCUT2D eigenvalue weighted by Gasteiger charge is -2.04. The molecule has 0 atom stereocenters. The number of aromatic nitrogens is 2. The molecular weight excluding hydrogens is 274 g/mol. The number of thiazole rings is 1. The highest BCUT2D eigenvalue weighted by molar-refractivity contribution is 7.13. The third-order valence-electron chi connectivity index (χ3n) is 2.80. The van der Waals surface area contributed by atoms with Gasteiger partial charge in [-0.15, -0.1) is 11.3 Å². The Kier molecular flexibility index (Phi) is 3.57. The van der Waals surface area contributed by atoms with Crippen molar-refractivity contribution in [3.05, 3.63) is 57.5 Å². The molecule has 0 spiro atoms. The van der Waals surface area contributed by atoms with Gasteiger partial charge in [-0.2, -0.15) is 11.3 Å². The zero-order valence-corrected chi connectivity index (χ0v) is 12.1. The van der Waals surface area contributed by atoms with E-state index in [1.165, 1.54) is 11.1 Å². The number of nitrogens with one attached hydrogen (secondary N) is 1. The van der Waals surface area contributed by atoms with Gasteiger partial charge >= 0.3 is 0 Å². The second-order valence-corrected chi connectivity index (χ2v) is 5.91. The first-order chi connectivity index (χ1) is 9.31. The van der Waals surface area contributed by atoms with Crippen LogP contribution in [-0.2, 0) is 6.42 Å². The maximum absolute atomic E-state index is 4.61. The number of aryl methyl sites for hydroxylation is 1. The van der Waals surface area contributed by atoms with Crippen LogP contribution in [0.5, 0.6) is 0 Å². The van der Waals surface area contributed by atoms with Gasteiger partial charge in [-0.1, -0.05) is 0 Å². The lowest BCUT2D eigenvalue weighted by Crippen LogP contribution is -1.94. The summed E-state index contributed by atoms with van der Waals surface area (Å²) in [6, 6.07) is 4.13. The van der Waals surface area contributed by atoms with Crippen molar-refractivity contribution in [2.24, 2.45) is 0 Å². The molecule has 96 valence electrons. The lowest BCUT2D eigenvalue weighted by atomic mass is 10.2. The fourth-order valence-electron chi connectivity index (χ4n) is 1.76. The molecule has 0 aliphatic carbocycles. The van der Waals surface area contributed by atoms with Gasteiger partial charge in [0.05, 0.1) is 17.6 Å². The van der Waals surface area contributed by atoms with Crippen molar-refractivity contribution < 1.29 is 0 Å². The summed E-state index contributed by atoms with van der Waals surface area (Å²) >= 11 is 3.35. The van der Waals surface area contributed by atoms with E-state index < -0.39 is 0 Å². The molecule has 3 aromatic heterocycles. The van der Waals surface area contributed by atoms with E-state index in [4.69, 9.17) is 0 Å². The normalized spacial score (nSPS) is 10.6. The Balaban J connectivity index is 1.73. The molecule has 0 radical (unpaired) electrons. The molecule has 3 rings (SSSR count). The minimum absolute atomic E-state index is 0.897. The number of anilines is 2. The average Bonchev–Trinajstić information content (AvgIpc) is 3.05. The van der Waals surface area contributed by atoms with Crippen LogP contribution in [0, 0.1) is 6.92 Å². The standard InChI is InChI=1S/C14H13N3S2/c1-10-2-4-15-7-13(10)17-14-16-12(9-19-14)6-11-3-5-18-8-11/h2-5,7-9H,6H2,1H3,(H,16,17). The third-order valence-corrected chi connectivity index (χ3v) is 4.34. The van der Waals surface area contributed by atoms with Crippen molar-refractivity contribution in [2.45, 2.75) is 13.3 Å². The van der Waals surface area contributed by atoms with Crippen molar-refractivity contribution in [3.63, 3.8) is 0 Å². The number of hydrogen-bond donors (Lipinski definition) is 1. The highest BCUT2D eigenvalue weighted by atomic mass is 32.1. The van der Waals surface area contributed by atoms with Crippen molar-refractivity contribution >= 4 is 33.5 Å². The van der Waals surface area contributed by atoms with E-state index in [9.17, 15) is 0 Å². The average molecular weight is 287 g/mol. The van der Waals surface area contributed by atoms with Crippen LogP contribution in [0.3, 0.4) is 0 Å². The zero-order chi connectivity index (χ0) is 13.1. The molecule has 3 heterocycles. The summed E-state index contributed by atoms with van der Waals surface area (Å²) in [6.45, 7) is 2.06. The Morgan fingerprint density at radius 1 is 1.26 bits per heavy atom. The van der Waals surface area contributed by atoms with Crippen molar-refractivity contribution in [2.75, 3.05) is 5.32 Å². The molecule has 0 aliphatic rings. The number of rotatable bonds is 4. The van der Waals surface area contributed by atoms with Crippen molar-refractivity contribution in [1.82, 2.24) is 9.97 Å². The number of nitrogens with zero attached hydrogens (tertiary/aromatic N) is 2. The molecule has 1 N–H and O–H groups in total. The van der Waals surface area contributed by atoms with Gasteiger partial charge < -0.3 is 5.32 Å². The van der Waals surface area contributed by atoms with Crippen LogP contribution < -0.4 is 5.32 Å². The summed E-state index contributed by atoms with van der Waals surface area (Å²) in [5.74, 6) is 0. The second-order valence-electron chi connectivity index (χ2n) is 4.27. The molecule has 0 saturated heterocycles. The van der Waals surface area contributed by atoms with Crippen LogP contribution in [0.25, 0.3) is 0 Å². The molecule has 0 fully saturated rings. The molecule has 19 heavy (non-hydrogen) atoms. The first-order valence-corrected chi connectivity index (χ1v) is 7.76. The smallest absolute Gasteiger partial charge is 0.187 e. The van der Waals surface area contributed by atoms with Crippen LogP contribution >= 0.6 is 22.7 Å². The summed E-state index contributed by atoms with van der Waals surface area (Å²) < 4.78 is 0. The van der Waals surface area contributed by atoms with E-state index in [2.05, 4.69) is 44.4 Å². The fraction of sp³-hybridized carbons (Fsp3) is 0.143. The maximum Gasteiger partial charge on any atom is 0.187 e. The van der Waals surface area contributed by atoms with E-state index in [1.54, 1.807) is 28.9 Å². The van der Waals surface area contributed by atoms with Crippen LogP contribution in [0.4, 0.5) is 10.8 Å². The zero-order valence-electron chi connectivity index (χ0n) is 10.5. The molecule has 0 saturated carbocycles. The minimum Gasteiger partial charge on any atom is -0.330 e. The van der Waals surface area contributed by atoms with E-state index >= 15 is 0 Å². The molecule has 5 heteroatoms. The SMILES string of the molecule is Cc1ccncc1Nc1nc(Cc2ccsc2)cs1. The van der Waals surface area contributed by atoms with Gasteiger partial charge in [0, 0.05) is 18.0 Å². The first kappa shape index (κ1) is 12.3. The van der Waals surface area contributed by atoms with Crippen molar-refractivity contribution in [3.8, 4) is 0 Å². The molecular formula is C14H13N3S2. The quantitative estimate of drug-likeness (QED) is 0.780. The lowest BCUT2D eigenvalue weighted by molar-refractivity contribution is 1.12. The van der Waals surface area contributed by atoms with E-state index in [0.29, 0.717) is 0 Å².